The average Bonchev–Trinajstić information content (AvgIpc) is 3.66. The van der Waals surface area contributed by atoms with Crippen LogP contribution in [0, 0.1) is 0 Å². The molecule has 0 atom stereocenters. The van der Waals surface area contributed by atoms with E-state index < -0.39 is 0 Å². The van der Waals surface area contributed by atoms with Crippen molar-refractivity contribution >= 4 is 11.0 Å². The van der Waals surface area contributed by atoms with Crippen LogP contribution < -0.4 is 0 Å². The molecule has 2 heterocycles. The first-order chi connectivity index (χ1) is 28.9. The van der Waals surface area contributed by atoms with Gasteiger partial charge in [0.15, 0.2) is 0 Å². The maximum Gasteiger partial charge on any atom is 0.149 e. The molecular formula is C56H49N3O. The number of phenols is 1. The third kappa shape index (κ3) is 7.30. The second kappa shape index (κ2) is 15.3. The summed E-state index contributed by atoms with van der Waals surface area (Å²) in [5, 5.41) is 12.1. The van der Waals surface area contributed by atoms with Crippen molar-refractivity contribution in [3.05, 3.63) is 193 Å². The highest BCUT2D eigenvalue weighted by Crippen LogP contribution is 2.44. The number of phenolic OH excluding ortho intramolecular Hbond substituents is 1. The monoisotopic (exact) mass is 779 g/mol. The average molecular weight is 780 g/mol. The molecule has 0 radical (unpaired) electrons. The Labute approximate surface area is 353 Å². The van der Waals surface area contributed by atoms with E-state index in [0.29, 0.717) is 11.4 Å². The van der Waals surface area contributed by atoms with Gasteiger partial charge in [-0.2, -0.15) is 0 Å². The molecule has 0 aliphatic heterocycles. The van der Waals surface area contributed by atoms with Gasteiger partial charge in [-0.25, -0.2) is 4.98 Å². The van der Waals surface area contributed by atoms with Gasteiger partial charge in [0.25, 0.3) is 0 Å². The van der Waals surface area contributed by atoms with Gasteiger partial charge in [-0.05, 0) is 97.8 Å². The number of fused-ring (bicyclic) bond motifs is 1. The van der Waals surface area contributed by atoms with E-state index in [-0.39, 0.29) is 16.6 Å². The van der Waals surface area contributed by atoms with E-state index >= 15 is 0 Å². The van der Waals surface area contributed by atoms with Crippen LogP contribution in [0.5, 0.6) is 5.75 Å². The second-order valence-electron chi connectivity index (χ2n) is 17.7. The summed E-state index contributed by atoms with van der Waals surface area (Å²) in [4.78, 5) is 10.3. The first kappa shape index (κ1) is 38.5. The van der Waals surface area contributed by atoms with Gasteiger partial charge in [-0.15, -0.1) is 0 Å². The normalized spacial score (nSPS) is 11.9. The summed E-state index contributed by atoms with van der Waals surface area (Å²) in [6.07, 6.45) is 1.89. The lowest BCUT2D eigenvalue weighted by Crippen LogP contribution is -2.12. The van der Waals surface area contributed by atoms with Gasteiger partial charge in [-0.1, -0.05) is 175 Å². The molecule has 0 saturated carbocycles. The van der Waals surface area contributed by atoms with Crippen LogP contribution in [0.1, 0.15) is 52.7 Å². The fraction of sp³-hybridized carbons (Fsp3) is 0.143. The molecule has 7 aromatic carbocycles. The predicted molar refractivity (Wildman–Crippen MR) is 251 cm³/mol. The van der Waals surface area contributed by atoms with E-state index in [1.54, 1.807) is 0 Å². The zero-order valence-corrected chi connectivity index (χ0v) is 35.1. The topological polar surface area (TPSA) is 50.9 Å². The van der Waals surface area contributed by atoms with Crippen LogP contribution in [0.2, 0.25) is 0 Å². The van der Waals surface area contributed by atoms with Crippen LogP contribution in [-0.2, 0) is 10.8 Å². The first-order valence-corrected chi connectivity index (χ1v) is 20.7. The number of aromatic hydroxyl groups is 1. The zero-order valence-electron chi connectivity index (χ0n) is 35.1. The molecular weight excluding hydrogens is 731 g/mol. The van der Waals surface area contributed by atoms with Crippen LogP contribution in [0.4, 0.5) is 0 Å². The standard InChI is InChI=1S/C56H49N3O/c1-55(2,3)44-30-31-50(47(36-44)40-18-11-8-12-19-40)59-51-25-15-22-45(52(51)58-54(59)46-23-14-24-48(53(46)60)56(4,5)6)42-20-13-21-43(34-42)49-35-41(32-33-57-49)39-28-26-38(27-29-39)37-16-9-7-10-17-37/h7-36,60H,1-6H3. The Hall–Kier alpha value is -7.04. The van der Waals surface area contributed by atoms with Crippen LogP contribution in [-0.4, -0.2) is 19.6 Å². The Balaban J connectivity index is 1.21. The van der Waals surface area contributed by atoms with Crippen molar-refractivity contribution in [1.82, 2.24) is 14.5 Å². The Kier molecular flexibility index (Phi) is 9.80. The van der Waals surface area contributed by atoms with Crippen LogP contribution in [0.15, 0.2) is 182 Å². The van der Waals surface area contributed by atoms with Gasteiger partial charge < -0.3 is 5.11 Å². The number of imidazole rings is 1. The molecule has 4 heteroatoms. The largest absolute Gasteiger partial charge is 0.507 e. The summed E-state index contributed by atoms with van der Waals surface area (Å²) in [6, 6.07) is 61.8. The Morgan fingerprint density at radius 2 is 1.05 bits per heavy atom. The maximum atomic E-state index is 12.1. The highest BCUT2D eigenvalue weighted by Gasteiger charge is 2.26. The van der Waals surface area contributed by atoms with Gasteiger partial charge in [0.2, 0.25) is 0 Å². The molecule has 0 spiro atoms. The lowest BCUT2D eigenvalue weighted by molar-refractivity contribution is 0.448. The van der Waals surface area contributed by atoms with Gasteiger partial charge in [0.1, 0.15) is 11.6 Å². The van der Waals surface area contributed by atoms with Crippen LogP contribution in [0.3, 0.4) is 0 Å². The van der Waals surface area contributed by atoms with Gasteiger partial charge in [0.05, 0.1) is 28.0 Å². The minimum absolute atomic E-state index is 0.0548. The van der Waals surface area contributed by atoms with E-state index in [2.05, 4.69) is 198 Å². The summed E-state index contributed by atoms with van der Waals surface area (Å²) in [5.74, 6) is 0.934. The third-order valence-electron chi connectivity index (χ3n) is 11.5. The number of hydrogen-bond donors (Lipinski definition) is 1. The quantitative estimate of drug-likeness (QED) is 0.175. The molecule has 4 nitrogen and oxygen atoms in total. The predicted octanol–water partition coefficient (Wildman–Crippen LogP) is 14.7. The maximum absolute atomic E-state index is 12.1. The third-order valence-corrected chi connectivity index (χ3v) is 11.5. The van der Waals surface area contributed by atoms with Crippen molar-refractivity contribution in [3.8, 4) is 78.6 Å². The number of nitrogens with zero attached hydrogens (tertiary/aromatic N) is 3. The van der Waals surface area contributed by atoms with Gasteiger partial charge >= 0.3 is 0 Å². The molecule has 0 bridgehead atoms. The first-order valence-electron chi connectivity index (χ1n) is 20.7. The van der Waals surface area contributed by atoms with E-state index in [0.717, 1.165) is 66.9 Å². The minimum Gasteiger partial charge on any atom is -0.507 e. The molecule has 0 saturated heterocycles. The lowest BCUT2D eigenvalue weighted by atomic mass is 9.84. The smallest absolute Gasteiger partial charge is 0.149 e. The van der Waals surface area contributed by atoms with Crippen molar-refractivity contribution in [1.29, 1.82) is 0 Å². The molecule has 294 valence electrons. The molecule has 0 aliphatic carbocycles. The van der Waals surface area contributed by atoms with Gasteiger partial charge in [-0.3, -0.25) is 9.55 Å². The van der Waals surface area contributed by atoms with Gasteiger partial charge in [0, 0.05) is 22.9 Å². The summed E-state index contributed by atoms with van der Waals surface area (Å²) < 4.78 is 2.24. The summed E-state index contributed by atoms with van der Waals surface area (Å²) >= 11 is 0. The Morgan fingerprint density at radius 1 is 0.450 bits per heavy atom. The number of pyridine rings is 1. The molecule has 1 N–H and O–H groups in total. The van der Waals surface area contributed by atoms with Crippen LogP contribution in [0.25, 0.3) is 83.9 Å². The number of para-hydroxylation sites is 2. The number of benzene rings is 7. The van der Waals surface area contributed by atoms with Crippen molar-refractivity contribution in [2.45, 2.75) is 52.4 Å². The Bertz CT molecular complexity index is 2980. The molecule has 2 aromatic heterocycles. The van der Waals surface area contributed by atoms with E-state index in [9.17, 15) is 5.11 Å². The van der Waals surface area contributed by atoms with E-state index in [1.165, 1.54) is 16.7 Å². The van der Waals surface area contributed by atoms with E-state index in [4.69, 9.17) is 9.97 Å². The SMILES string of the molecule is CC(C)(C)c1ccc(-n2c(-c3cccc(C(C)(C)C)c3O)nc3c(-c4cccc(-c5cc(-c6ccc(-c7ccccc7)cc6)ccn5)c4)cccc32)c(-c2ccccc2)c1. The fourth-order valence-electron chi connectivity index (χ4n) is 8.23. The highest BCUT2D eigenvalue weighted by molar-refractivity contribution is 5.97. The Morgan fingerprint density at radius 3 is 1.75 bits per heavy atom. The number of aromatic nitrogens is 3. The fourth-order valence-corrected chi connectivity index (χ4v) is 8.23. The highest BCUT2D eigenvalue weighted by atomic mass is 16.3. The lowest BCUT2D eigenvalue weighted by Gasteiger charge is -2.24. The minimum atomic E-state index is -0.275. The van der Waals surface area contributed by atoms with Crippen molar-refractivity contribution in [2.75, 3.05) is 0 Å². The molecule has 0 unspecified atom stereocenters. The van der Waals surface area contributed by atoms with Crippen molar-refractivity contribution < 1.29 is 5.11 Å². The molecule has 9 aromatic rings. The number of rotatable bonds is 7. The summed E-state index contributed by atoms with van der Waals surface area (Å²) in [7, 11) is 0. The second-order valence-corrected chi connectivity index (χ2v) is 17.7. The van der Waals surface area contributed by atoms with Crippen LogP contribution >= 0.6 is 0 Å². The summed E-state index contributed by atoms with van der Waals surface area (Å²) in [6.45, 7) is 13.1. The molecule has 9 rings (SSSR count). The summed E-state index contributed by atoms with van der Waals surface area (Å²) in [5.41, 5.74) is 16.1. The van der Waals surface area contributed by atoms with Crippen molar-refractivity contribution in [3.63, 3.8) is 0 Å². The van der Waals surface area contributed by atoms with Crippen molar-refractivity contribution in [2.24, 2.45) is 0 Å². The van der Waals surface area contributed by atoms with E-state index in [1.807, 2.05) is 30.5 Å². The molecule has 0 aliphatic rings. The zero-order chi connectivity index (χ0) is 41.6. The number of hydrogen-bond acceptors (Lipinski definition) is 3. The molecule has 0 fully saturated rings. The molecule has 0 amide bonds. The molecule has 60 heavy (non-hydrogen) atoms.